The van der Waals surface area contributed by atoms with Gasteiger partial charge in [-0.05, 0) is 35.2 Å². The highest BCUT2D eigenvalue weighted by Gasteiger charge is 2.34. The van der Waals surface area contributed by atoms with Gasteiger partial charge in [-0.25, -0.2) is 4.98 Å². The van der Waals surface area contributed by atoms with Crippen molar-refractivity contribution < 1.29 is 28.6 Å². The van der Waals surface area contributed by atoms with E-state index >= 15 is 0 Å². The second kappa shape index (κ2) is 8.38. The fraction of sp³-hybridized carbons (Fsp3) is 0.643. The van der Waals surface area contributed by atoms with E-state index in [0.717, 1.165) is 12.8 Å². The van der Waals surface area contributed by atoms with Crippen molar-refractivity contribution in [2.75, 3.05) is 32.4 Å². The second-order valence-electron chi connectivity index (χ2n) is 6.15. The molecule has 4 N–H and O–H groups in total. The third-order valence-electron chi connectivity index (χ3n) is 4.23. The minimum absolute atomic E-state index is 0.108. The molecule has 2 aromatic heterocycles. The van der Waals surface area contributed by atoms with Crippen LogP contribution >= 0.6 is 23.5 Å². The molecule has 27 heavy (non-hydrogen) atoms. The Bertz CT molecular complexity index is 858. The summed E-state index contributed by atoms with van der Waals surface area (Å²) in [6.45, 7) is 0.652. The summed E-state index contributed by atoms with van der Waals surface area (Å²) in [6, 6.07) is -0.0894. The zero-order valence-electron chi connectivity index (χ0n) is 14.6. The molecule has 1 saturated carbocycles. The number of nitrogen functional groups attached to an aromatic ring is 1. The van der Waals surface area contributed by atoms with Crippen LogP contribution in [0, 0.1) is 0 Å². The summed E-state index contributed by atoms with van der Waals surface area (Å²) in [6.07, 6.45) is 1.27. The number of rotatable bonds is 8. The monoisotopic (exact) mass is 465 g/mol. The normalized spacial score (nSPS) is 20.4. The molecule has 0 spiro atoms. The molecule has 1 aliphatic carbocycles. The first kappa shape index (κ1) is 20.4. The number of methoxy groups -OCH3 is 1. The van der Waals surface area contributed by atoms with E-state index in [2.05, 4.69) is 30.9 Å². The van der Waals surface area contributed by atoms with Crippen molar-refractivity contribution >= 4 is 40.5 Å². The third kappa shape index (κ3) is 4.76. The van der Waals surface area contributed by atoms with Crippen LogP contribution in [0.5, 0.6) is 6.01 Å². The van der Waals surface area contributed by atoms with E-state index in [1.807, 2.05) is 4.57 Å². The molecule has 11 nitrogen and oxygen atoms in total. The van der Waals surface area contributed by atoms with Crippen LogP contribution in [0.4, 0.5) is 5.82 Å². The number of anilines is 1. The molecule has 0 aromatic carbocycles. The minimum atomic E-state index is -4.25. The summed E-state index contributed by atoms with van der Waals surface area (Å²) in [4.78, 5) is 31.1. The van der Waals surface area contributed by atoms with Crippen LogP contribution in [0.25, 0.3) is 11.2 Å². The van der Waals surface area contributed by atoms with Gasteiger partial charge in [0.1, 0.15) is 13.0 Å². The predicted molar refractivity (Wildman–Crippen MR) is 99.5 cm³/mol. The third-order valence-corrected chi connectivity index (χ3v) is 5.27. The Labute approximate surface area is 163 Å². The van der Waals surface area contributed by atoms with Crippen molar-refractivity contribution in [3.05, 3.63) is 4.73 Å². The summed E-state index contributed by atoms with van der Waals surface area (Å²) in [7, 11) is -2.69. The topological polar surface area (TPSA) is 155 Å². The lowest BCUT2D eigenvalue weighted by molar-refractivity contribution is 0.0516. The summed E-state index contributed by atoms with van der Waals surface area (Å²) < 4.78 is 29.4. The smallest absolute Gasteiger partial charge is 0.350 e. The van der Waals surface area contributed by atoms with Crippen LogP contribution in [-0.4, -0.2) is 62.1 Å². The van der Waals surface area contributed by atoms with E-state index < -0.39 is 13.9 Å². The molecule has 0 amide bonds. The van der Waals surface area contributed by atoms with Gasteiger partial charge in [-0.3, -0.25) is 9.13 Å². The average Bonchev–Trinajstić information content (AvgIpc) is 3.16. The van der Waals surface area contributed by atoms with E-state index in [4.69, 9.17) is 29.7 Å². The van der Waals surface area contributed by atoms with Crippen LogP contribution in [0.1, 0.15) is 25.3 Å². The van der Waals surface area contributed by atoms with Crippen molar-refractivity contribution in [3.63, 3.8) is 0 Å². The number of imidazole rings is 1. The number of nitrogens with zero attached hydrogens (tertiary/aromatic N) is 4. The van der Waals surface area contributed by atoms with Crippen molar-refractivity contribution in [1.82, 2.24) is 19.5 Å². The van der Waals surface area contributed by atoms with Gasteiger partial charge in [-0.1, -0.05) is 0 Å². The van der Waals surface area contributed by atoms with E-state index in [1.54, 1.807) is 7.11 Å². The zero-order valence-corrected chi connectivity index (χ0v) is 17.1. The molecule has 2 atom stereocenters. The maximum atomic E-state index is 11.2. The lowest BCUT2D eigenvalue weighted by Gasteiger charge is -2.23. The van der Waals surface area contributed by atoms with Gasteiger partial charge >= 0.3 is 13.6 Å². The molecule has 2 heterocycles. The molecule has 150 valence electrons. The quantitative estimate of drug-likeness (QED) is 0.296. The molecule has 1 aliphatic rings. The Morgan fingerprint density at radius 3 is 2.78 bits per heavy atom. The Hall–Kier alpha value is -1.30. The van der Waals surface area contributed by atoms with Crippen molar-refractivity contribution in [3.8, 4) is 6.01 Å². The lowest BCUT2D eigenvalue weighted by Crippen LogP contribution is -2.23. The molecule has 2 aromatic rings. The number of fused-ring (bicyclic) bond motifs is 1. The van der Waals surface area contributed by atoms with Gasteiger partial charge in [-0.15, -0.1) is 0 Å². The largest absolute Gasteiger partial charge is 0.461 e. The van der Waals surface area contributed by atoms with Gasteiger partial charge in [0.15, 0.2) is 21.7 Å². The molecule has 0 radical (unpaired) electrons. The molecule has 0 aliphatic heterocycles. The highest BCUT2D eigenvalue weighted by Crippen LogP contribution is 2.41. The van der Waals surface area contributed by atoms with Crippen molar-refractivity contribution in [2.24, 2.45) is 0 Å². The summed E-state index contributed by atoms with van der Waals surface area (Å²) in [5.74, 6) is 0.178. The highest BCUT2D eigenvalue weighted by molar-refractivity contribution is 9.10. The van der Waals surface area contributed by atoms with Gasteiger partial charge < -0.3 is 29.7 Å². The first-order valence-electron chi connectivity index (χ1n) is 8.29. The molecular formula is C14H21BrN5O6P. The summed E-state index contributed by atoms with van der Waals surface area (Å²) in [5, 5.41) is 0. The van der Waals surface area contributed by atoms with Gasteiger partial charge in [-0.2, -0.15) is 9.97 Å². The molecule has 13 heteroatoms. The molecule has 0 bridgehead atoms. The number of hydrogen-bond donors (Lipinski definition) is 3. The van der Waals surface area contributed by atoms with Gasteiger partial charge in [0, 0.05) is 7.11 Å². The van der Waals surface area contributed by atoms with E-state index in [-0.39, 0.29) is 30.6 Å². The average molecular weight is 466 g/mol. The van der Waals surface area contributed by atoms with Gasteiger partial charge in [0.05, 0.1) is 18.8 Å². The van der Waals surface area contributed by atoms with Crippen LogP contribution < -0.4 is 10.5 Å². The van der Waals surface area contributed by atoms with Crippen molar-refractivity contribution in [1.29, 1.82) is 0 Å². The Kier molecular flexibility index (Phi) is 6.34. The van der Waals surface area contributed by atoms with E-state index in [1.165, 1.54) is 0 Å². The predicted octanol–water partition coefficient (Wildman–Crippen LogP) is 1.44. The minimum Gasteiger partial charge on any atom is -0.461 e. The SMILES string of the molecule is COCCOc1nc(N)c2nc(Br)n([C@@H]3CCC[C@H]3OCP(=O)(O)O)c2n1. The Morgan fingerprint density at radius 1 is 1.30 bits per heavy atom. The number of aromatic nitrogens is 4. The molecule has 0 unspecified atom stereocenters. The molecule has 3 rings (SSSR count). The summed E-state index contributed by atoms with van der Waals surface area (Å²) >= 11 is 3.42. The zero-order chi connectivity index (χ0) is 19.6. The number of nitrogens with two attached hydrogens (primary N) is 1. The van der Waals surface area contributed by atoms with Crippen molar-refractivity contribution in [2.45, 2.75) is 31.4 Å². The van der Waals surface area contributed by atoms with E-state index in [9.17, 15) is 4.57 Å². The fourth-order valence-corrected chi connectivity index (χ4v) is 4.11. The molecule has 1 fully saturated rings. The Morgan fingerprint density at radius 2 is 2.07 bits per heavy atom. The maximum absolute atomic E-state index is 11.2. The number of ether oxygens (including phenoxy) is 3. The Balaban J connectivity index is 1.92. The highest BCUT2D eigenvalue weighted by atomic mass is 79.9. The van der Waals surface area contributed by atoms with Gasteiger partial charge in [0.25, 0.3) is 0 Å². The fourth-order valence-electron chi connectivity index (χ4n) is 3.11. The van der Waals surface area contributed by atoms with Crippen LogP contribution in [-0.2, 0) is 14.0 Å². The standard InChI is InChI=1S/C14H21BrN5O6P/c1-24-5-6-25-14-18-11(16)10-12(19-14)20(13(15)17-10)8-3-2-4-9(8)26-7-27(21,22)23/h8-9H,2-7H2,1H3,(H2,16,18,19)(H2,21,22,23)/t8-,9-/m1/s1. The first-order valence-corrected chi connectivity index (χ1v) is 10.9. The van der Waals surface area contributed by atoms with Crippen LogP contribution in [0.2, 0.25) is 0 Å². The number of hydrogen-bond acceptors (Lipinski definition) is 8. The van der Waals surface area contributed by atoms with Gasteiger partial charge in [0.2, 0.25) is 0 Å². The second-order valence-corrected chi connectivity index (χ2v) is 8.45. The maximum Gasteiger partial charge on any atom is 0.350 e. The lowest BCUT2D eigenvalue weighted by atomic mass is 10.2. The van der Waals surface area contributed by atoms with Crippen LogP contribution in [0.3, 0.4) is 0 Å². The van der Waals surface area contributed by atoms with E-state index in [0.29, 0.717) is 28.9 Å². The number of halogens is 1. The first-order chi connectivity index (χ1) is 12.8. The molecular weight excluding hydrogens is 445 g/mol. The molecule has 0 saturated heterocycles. The van der Waals surface area contributed by atoms with Crippen LogP contribution in [0.15, 0.2) is 4.73 Å². The summed E-state index contributed by atoms with van der Waals surface area (Å²) in [5.41, 5.74) is 6.89.